The SMILES string of the molecule is O=C1CCC(N2Cc3cc(C4CCN(Cc5ccc6cccnc6n5)CC4)c(F)cc3C2=O)C(=O)N1. The molecule has 6 rings (SSSR count). The summed E-state index contributed by atoms with van der Waals surface area (Å²) < 4.78 is 15.2. The van der Waals surface area contributed by atoms with Gasteiger partial charge in [-0.1, -0.05) is 6.07 Å². The normalized spacial score (nSPS) is 21.2. The summed E-state index contributed by atoms with van der Waals surface area (Å²) in [5.74, 6) is -1.44. The van der Waals surface area contributed by atoms with Gasteiger partial charge in [-0.05, 0) is 79.7 Å². The van der Waals surface area contributed by atoms with Crippen molar-refractivity contribution in [3.05, 3.63) is 70.8 Å². The van der Waals surface area contributed by atoms with E-state index in [2.05, 4.69) is 20.2 Å². The van der Waals surface area contributed by atoms with Gasteiger partial charge in [-0.3, -0.25) is 24.6 Å². The number of amides is 3. The van der Waals surface area contributed by atoms with Crippen LogP contribution in [-0.2, 0) is 22.7 Å². The van der Waals surface area contributed by atoms with Crippen LogP contribution in [0.4, 0.5) is 4.39 Å². The number of carbonyl (C=O) groups excluding carboxylic acids is 3. The summed E-state index contributed by atoms with van der Waals surface area (Å²) in [6.07, 6.45) is 3.85. The molecule has 0 spiro atoms. The minimum atomic E-state index is -0.698. The summed E-state index contributed by atoms with van der Waals surface area (Å²) in [6.45, 7) is 2.63. The van der Waals surface area contributed by atoms with E-state index in [1.807, 2.05) is 30.3 Å². The Morgan fingerprint density at radius 1 is 1.06 bits per heavy atom. The fraction of sp³-hybridized carbons (Fsp3) is 0.370. The number of hydrogen-bond donors (Lipinski definition) is 1. The van der Waals surface area contributed by atoms with Gasteiger partial charge < -0.3 is 4.90 Å². The fourth-order valence-corrected chi connectivity index (χ4v) is 5.63. The largest absolute Gasteiger partial charge is 0.322 e. The van der Waals surface area contributed by atoms with Gasteiger partial charge in [0.1, 0.15) is 11.9 Å². The quantitative estimate of drug-likeness (QED) is 0.569. The predicted octanol–water partition coefficient (Wildman–Crippen LogP) is 2.91. The zero-order valence-corrected chi connectivity index (χ0v) is 19.7. The second-order valence-corrected chi connectivity index (χ2v) is 9.83. The van der Waals surface area contributed by atoms with Gasteiger partial charge in [0.05, 0.1) is 5.69 Å². The molecule has 1 atom stereocenters. The minimum absolute atomic E-state index is 0.0672. The van der Waals surface area contributed by atoms with Crippen LogP contribution in [0.5, 0.6) is 0 Å². The van der Waals surface area contributed by atoms with Crippen molar-refractivity contribution in [1.82, 2.24) is 25.1 Å². The number of carbonyl (C=O) groups is 3. The number of halogens is 1. The first kappa shape index (κ1) is 22.7. The molecule has 36 heavy (non-hydrogen) atoms. The molecule has 1 N–H and O–H groups in total. The number of likely N-dealkylation sites (tertiary alicyclic amines) is 1. The van der Waals surface area contributed by atoms with E-state index in [0.717, 1.165) is 54.8 Å². The molecule has 1 unspecified atom stereocenters. The number of nitrogens with zero attached hydrogens (tertiary/aromatic N) is 4. The summed E-state index contributed by atoms with van der Waals surface area (Å²) in [5, 5.41) is 3.32. The van der Waals surface area contributed by atoms with Gasteiger partial charge in [0.25, 0.3) is 5.91 Å². The van der Waals surface area contributed by atoms with Gasteiger partial charge in [0.2, 0.25) is 11.8 Å². The molecule has 9 heteroatoms. The van der Waals surface area contributed by atoms with E-state index in [4.69, 9.17) is 0 Å². The Kier molecular flexibility index (Phi) is 5.72. The standard InChI is InChI=1S/C27H26FN5O3/c28-22-13-21-18(14-33(27(21)36)23-5-6-24(34)31-26(23)35)12-20(22)16-7-10-32(11-8-16)15-19-4-3-17-2-1-9-29-25(17)30-19/h1-4,9,12-13,16,23H,5-8,10-11,14-15H2,(H,31,34,35). The Morgan fingerprint density at radius 2 is 1.89 bits per heavy atom. The monoisotopic (exact) mass is 487 g/mol. The number of nitrogens with one attached hydrogen (secondary N) is 1. The van der Waals surface area contributed by atoms with Gasteiger partial charge in [-0.15, -0.1) is 0 Å². The smallest absolute Gasteiger partial charge is 0.255 e. The van der Waals surface area contributed by atoms with Crippen molar-refractivity contribution in [3.63, 3.8) is 0 Å². The Labute approximate surface area is 207 Å². The number of fused-ring (bicyclic) bond motifs is 2. The van der Waals surface area contributed by atoms with Crippen molar-refractivity contribution in [2.24, 2.45) is 0 Å². The number of piperidine rings is 2. The van der Waals surface area contributed by atoms with Crippen LogP contribution in [0.1, 0.15) is 58.8 Å². The molecular formula is C27H26FN5O3. The molecule has 184 valence electrons. The summed E-state index contributed by atoms with van der Waals surface area (Å²) >= 11 is 0. The number of hydrogen-bond acceptors (Lipinski definition) is 6. The summed E-state index contributed by atoms with van der Waals surface area (Å²) in [5.41, 5.74) is 3.41. The summed E-state index contributed by atoms with van der Waals surface area (Å²) in [4.78, 5) is 49.5. The van der Waals surface area contributed by atoms with Gasteiger partial charge >= 0.3 is 0 Å². The van der Waals surface area contributed by atoms with Crippen LogP contribution in [0.2, 0.25) is 0 Å². The Hall–Kier alpha value is -3.72. The second-order valence-electron chi connectivity index (χ2n) is 9.83. The molecule has 3 amide bonds. The van der Waals surface area contributed by atoms with Gasteiger partial charge in [0, 0.05) is 36.7 Å². The summed E-state index contributed by atoms with van der Waals surface area (Å²) in [6, 6.07) is 10.4. The zero-order chi connectivity index (χ0) is 24.8. The van der Waals surface area contributed by atoms with Crippen LogP contribution in [-0.4, -0.2) is 56.6 Å². The number of benzene rings is 1. The van der Waals surface area contributed by atoms with E-state index < -0.39 is 11.9 Å². The van der Waals surface area contributed by atoms with Gasteiger partial charge in [-0.25, -0.2) is 14.4 Å². The molecule has 3 aromatic rings. The predicted molar refractivity (Wildman–Crippen MR) is 129 cm³/mol. The van der Waals surface area contributed by atoms with E-state index in [0.29, 0.717) is 17.5 Å². The van der Waals surface area contributed by atoms with Crippen LogP contribution >= 0.6 is 0 Å². The topological polar surface area (TPSA) is 95.5 Å². The van der Waals surface area contributed by atoms with Crippen LogP contribution in [0.15, 0.2) is 42.6 Å². The second kappa shape index (κ2) is 9.05. The number of aromatic nitrogens is 2. The highest BCUT2D eigenvalue weighted by molar-refractivity contribution is 6.05. The molecular weight excluding hydrogens is 461 g/mol. The third kappa shape index (κ3) is 4.13. The highest BCUT2D eigenvalue weighted by atomic mass is 19.1. The molecule has 0 bridgehead atoms. The van der Waals surface area contributed by atoms with Crippen molar-refractivity contribution < 1.29 is 18.8 Å². The molecule has 5 heterocycles. The van der Waals surface area contributed by atoms with Crippen molar-refractivity contribution in [1.29, 1.82) is 0 Å². The van der Waals surface area contributed by atoms with Crippen molar-refractivity contribution in [2.45, 2.75) is 50.7 Å². The molecule has 2 saturated heterocycles. The fourth-order valence-electron chi connectivity index (χ4n) is 5.63. The lowest BCUT2D eigenvalue weighted by molar-refractivity contribution is -0.136. The van der Waals surface area contributed by atoms with Gasteiger partial charge in [0.15, 0.2) is 5.65 Å². The van der Waals surface area contributed by atoms with Crippen molar-refractivity contribution in [2.75, 3.05) is 13.1 Å². The lowest BCUT2D eigenvalue weighted by Gasteiger charge is -2.32. The van der Waals surface area contributed by atoms with Gasteiger partial charge in [-0.2, -0.15) is 0 Å². The third-order valence-electron chi connectivity index (χ3n) is 7.58. The average Bonchev–Trinajstić information content (AvgIpc) is 3.19. The lowest BCUT2D eigenvalue weighted by Crippen LogP contribution is -2.52. The van der Waals surface area contributed by atoms with E-state index in [-0.39, 0.29) is 36.5 Å². The first-order valence-electron chi connectivity index (χ1n) is 12.4. The Morgan fingerprint density at radius 3 is 2.69 bits per heavy atom. The minimum Gasteiger partial charge on any atom is -0.322 e. The highest BCUT2D eigenvalue weighted by Gasteiger charge is 2.40. The maximum absolute atomic E-state index is 15.2. The van der Waals surface area contributed by atoms with E-state index in [9.17, 15) is 14.4 Å². The Balaban J connectivity index is 1.13. The molecule has 0 saturated carbocycles. The van der Waals surface area contributed by atoms with Crippen molar-refractivity contribution >= 4 is 28.8 Å². The highest BCUT2D eigenvalue weighted by Crippen LogP contribution is 2.35. The number of rotatable bonds is 4. The molecule has 0 radical (unpaired) electrons. The maximum atomic E-state index is 15.2. The van der Waals surface area contributed by atoms with Crippen LogP contribution in [0, 0.1) is 5.82 Å². The molecule has 3 aliphatic heterocycles. The number of imide groups is 1. The first-order valence-corrected chi connectivity index (χ1v) is 12.4. The molecule has 3 aliphatic rings. The Bertz CT molecular complexity index is 1390. The maximum Gasteiger partial charge on any atom is 0.255 e. The number of pyridine rings is 2. The van der Waals surface area contributed by atoms with Crippen molar-refractivity contribution in [3.8, 4) is 0 Å². The average molecular weight is 488 g/mol. The van der Waals surface area contributed by atoms with E-state index in [1.165, 1.54) is 11.0 Å². The summed E-state index contributed by atoms with van der Waals surface area (Å²) in [7, 11) is 0. The third-order valence-corrected chi connectivity index (χ3v) is 7.58. The molecule has 1 aromatic carbocycles. The van der Waals surface area contributed by atoms with E-state index in [1.54, 1.807) is 6.20 Å². The van der Waals surface area contributed by atoms with Crippen LogP contribution in [0.25, 0.3) is 11.0 Å². The van der Waals surface area contributed by atoms with E-state index >= 15 is 4.39 Å². The zero-order valence-electron chi connectivity index (χ0n) is 19.7. The first-order chi connectivity index (χ1) is 17.5. The van der Waals surface area contributed by atoms with Crippen LogP contribution < -0.4 is 5.32 Å². The van der Waals surface area contributed by atoms with Crippen LogP contribution in [0.3, 0.4) is 0 Å². The molecule has 2 aromatic heterocycles. The molecule has 0 aliphatic carbocycles. The lowest BCUT2D eigenvalue weighted by atomic mass is 9.87. The molecule has 2 fully saturated rings. The molecule has 8 nitrogen and oxygen atoms in total.